The summed E-state index contributed by atoms with van der Waals surface area (Å²) in [5.41, 5.74) is 2.19. The summed E-state index contributed by atoms with van der Waals surface area (Å²) >= 11 is 0. The van der Waals surface area contributed by atoms with Crippen LogP contribution in [0.4, 0.5) is 16.2 Å². The molecule has 2 aromatic rings. The zero-order valence-electron chi connectivity index (χ0n) is 19.0. The molecule has 176 valence electrons. The van der Waals surface area contributed by atoms with Gasteiger partial charge in [0, 0.05) is 37.8 Å². The van der Waals surface area contributed by atoms with Gasteiger partial charge in [0.1, 0.15) is 0 Å². The number of nitrogens with one attached hydrogen (secondary N) is 3. The van der Waals surface area contributed by atoms with Crippen molar-refractivity contribution in [3.8, 4) is 0 Å². The van der Waals surface area contributed by atoms with Gasteiger partial charge in [-0.05, 0) is 50.5 Å². The molecule has 3 N–H and O–H groups in total. The van der Waals surface area contributed by atoms with Gasteiger partial charge in [-0.15, -0.1) is 0 Å². The van der Waals surface area contributed by atoms with Crippen molar-refractivity contribution in [3.05, 3.63) is 60.2 Å². The number of para-hydroxylation sites is 2. The van der Waals surface area contributed by atoms with Gasteiger partial charge in [0.25, 0.3) is 5.91 Å². The van der Waals surface area contributed by atoms with Crippen LogP contribution < -0.4 is 16.0 Å². The van der Waals surface area contributed by atoms with Gasteiger partial charge in [-0.25, -0.2) is 4.79 Å². The molecule has 8 nitrogen and oxygen atoms in total. The van der Waals surface area contributed by atoms with Crippen molar-refractivity contribution in [2.45, 2.75) is 38.6 Å². The number of carbonyl (C=O) groups is 3. The maximum atomic E-state index is 12.7. The van der Waals surface area contributed by atoms with Crippen molar-refractivity contribution >= 4 is 29.3 Å². The molecule has 1 aliphatic rings. The van der Waals surface area contributed by atoms with Crippen molar-refractivity contribution < 1.29 is 19.1 Å². The SMILES string of the molecule is CCOC(=O)N1CCC(NC(=O)CCCNC(=O)c2ccccc2Nc2ccccc2)CC1. The second kappa shape index (κ2) is 12.5. The predicted octanol–water partition coefficient (Wildman–Crippen LogP) is 3.68. The van der Waals surface area contributed by atoms with E-state index < -0.39 is 0 Å². The Labute approximate surface area is 194 Å². The predicted molar refractivity (Wildman–Crippen MR) is 127 cm³/mol. The minimum Gasteiger partial charge on any atom is -0.450 e. The summed E-state index contributed by atoms with van der Waals surface area (Å²) in [6.07, 6.45) is 2.02. The van der Waals surface area contributed by atoms with Crippen LogP contribution in [0.1, 0.15) is 43.0 Å². The van der Waals surface area contributed by atoms with Gasteiger partial charge in [0.05, 0.1) is 17.9 Å². The van der Waals surface area contributed by atoms with Crippen LogP contribution in [-0.4, -0.2) is 55.1 Å². The van der Waals surface area contributed by atoms with E-state index >= 15 is 0 Å². The third-order valence-corrected chi connectivity index (χ3v) is 5.48. The highest BCUT2D eigenvalue weighted by atomic mass is 16.6. The lowest BCUT2D eigenvalue weighted by Gasteiger charge is -2.31. The Morgan fingerprint density at radius 2 is 1.70 bits per heavy atom. The zero-order chi connectivity index (χ0) is 23.5. The van der Waals surface area contributed by atoms with Crippen molar-refractivity contribution in [1.82, 2.24) is 15.5 Å². The Kier molecular flexibility index (Phi) is 9.11. The number of ether oxygens (including phenoxy) is 1. The first-order valence-electron chi connectivity index (χ1n) is 11.5. The third kappa shape index (κ3) is 7.52. The monoisotopic (exact) mass is 452 g/mol. The van der Waals surface area contributed by atoms with Crippen LogP contribution in [0.3, 0.4) is 0 Å². The Morgan fingerprint density at radius 1 is 1.00 bits per heavy atom. The number of amides is 3. The van der Waals surface area contributed by atoms with E-state index in [2.05, 4.69) is 16.0 Å². The molecule has 0 saturated carbocycles. The van der Waals surface area contributed by atoms with Crippen LogP contribution in [0, 0.1) is 0 Å². The quantitative estimate of drug-likeness (QED) is 0.504. The minimum atomic E-state index is -0.293. The van der Waals surface area contributed by atoms with E-state index in [0.29, 0.717) is 57.5 Å². The van der Waals surface area contributed by atoms with Gasteiger partial charge in [-0.2, -0.15) is 0 Å². The molecule has 33 heavy (non-hydrogen) atoms. The summed E-state index contributed by atoms with van der Waals surface area (Å²) in [4.78, 5) is 38.3. The molecule has 2 aromatic carbocycles. The van der Waals surface area contributed by atoms with Crippen molar-refractivity contribution in [2.24, 2.45) is 0 Å². The molecule has 0 aliphatic carbocycles. The van der Waals surface area contributed by atoms with E-state index in [1.807, 2.05) is 48.5 Å². The molecule has 0 aromatic heterocycles. The molecule has 1 heterocycles. The molecule has 0 bridgehead atoms. The summed E-state index contributed by atoms with van der Waals surface area (Å²) < 4.78 is 5.01. The molecule has 1 fully saturated rings. The van der Waals surface area contributed by atoms with Gasteiger partial charge < -0.3 is 25.6 Å². The number of carbonyl (C=O) groups excluding carboxylic acids is 3. The highest BCUT2D eigenvalue weighted by Gasteiger charge is 2.24. The summed E-state index contributed by atoms with van der Waals surface area (Å²) in [6, 6.07) is 17.1. The van der Waals surface area contributed by atoms with Gasteiger partial charge in [-0.1, -0.05) is 30.3 Å². The first kappa shape index (κ1) is 24.1. The Bertz CT molecular complexity index is 927. The second-order valence-electron chi connectivity index (χ2n) is 7.92. The molecule has 0 radical (unpaired) electrons. The Balaban J connectivity index is 1.37. The summed E-state index contributed by atoms with van der Waals surface area (Å²) in [5, 5.41) is 9.19. The maximum absolute atomic E-state index is 12.7. The lowest BCUT2D eigenvalue weighted by Crippen LogP contribution is -2.46. The number of benzene rings is 2. The number of likely N-dealkylation sites (tertiary alicyclic amines) is 1. The lowest BCUT2D eigenvalue weighted by molar-refractivity contribution is -0.122. The van der Waals surface area contributed by atoms with Crippen LogP contribution in [0.2, 0.25) is 0 Å². The zero-order valence-corrected chi connectivity index (χ0v) is 19.0. The van der Waals surface area contributed by atoms with Crippen LogP contribution in [-0.2, 0) is 9.53 Å². The van der Waals surface area contributed by atoms with Crippen molar-refractivity contribution in [2.75, 3.05) is 31.6 Å². The molecular formula is C25H32N4O4. The first-order chi connectivity index (χ1) is 16.1. The summed E-state index contributed by atoms with van der Waals surface area (Å²) in [6.45, 7) is 3.72. The number of piperidine rings is 1. The highest BCUT2D eigenvalue weighted by molar-refractivity contribution is 6.00. The average molecular weight is 453 g/mol. The molecule has 3 amide bonds. The van der Waals surface area contributed by atoms with E-state index in [0.717, 1.165) is 11.4 Å². The fourth-order valence-corrected chi connectivity index (χ4v) is 3.73. The van der Waals surface area contributed by atoms with Gasteiger partial charge in [-0.3, -0.25) is 9.59 Å². The van der Waals surface area contributed by atoms with Crippen LogP contribution in [0.5, 0.6) is 0 Å². The van der Waals surface area contributed by atoms with Crippen molar-refractivity contribution in [3.63, 3.8) is 0 Å². The Hall–Kier alpha value is -3.55. The minimum absolute atomic E-state index is 0.0371. The topological polar surface area (TPSA) is 99.8 Å². The van der Waals surface area contributed by atoms with Gasteiger partial charge in [0.2, 0.25) is 5.91 Å². The number of hydrogen-bond acceptors (Lipinski definition) is 5. The fraction of sp³-hybridized carbons (Fsp3) is 0.400. The lowest BCUT2D eigenvalue weighted by atomic mass is 10.1. The molecular weight excluding hydrogens is 420 g/mol. The van der Waals surface area contributed by atoms with Gasteiger partial charge in [0.15, 0.2) is 0 Å². The molecule has 0 spiro atoms. The van der Waals surface area contributed by atoms with E-state index in [4.69, 9.17) is 4.74 Å². The Morgan fingerprint density at radius 3 is 2.42 bits per heavy atom. The molecule has 1 aliphatic heterocycles. The third-order valence-electron chi connectivity index (χ3n) is 5.48. The molecule has 0 unspecified atom stereocenters. The van der Waals surface area contributed by atoms with Gasteiger partial charge >= 0.3 is 6.09 Å². The molecule has 3 rings (SSSR count). The summed E-state index contributed by atoms with van der Waals surface area (Å²) in [5.74, 6) is -0.217. The second-order valence-corrected chi connectivity index (χ2v) is 7.92. The largest absolute Gasteiger partial charge is 0.450 e. The van der Waals surface area contributed by atoms with Crippen LogP contribution in [0.15, 0.2) is 54.6 Å². The van der Waals surface area contributed by atoms with E-state index in [-0.39, 0.29) is 23.9 Å². The standard InChI is InChI=1S/C25H32N4O4/c1-2-33-25(32)29-17-14-20(15-18-29)28-23(30)13-8-16-26-24(31)21-11-6-7-12-22(21)27-19-9-4-3-5-10-19/h3-7,9-12,20,27H,2,8,13-18H2,1H3,(H,26,31)(H,28,30). The molecule has 8 heteroatoms. The fourth-order valence-electron chi connectivity index (χ4n) is 3.73. The average Bonchev–Trinajstić information content (AvgIpc) is 2.83. The smallest absolute Gasteiger partial charge is 0.409 e. The van der Waals surface area contributed by atoms with E-state index in [1.54, 1.807) is 17.9 Å². The van der Waals surface area contributed by atoms with Crippen LogP contribution in [0.25, 0.3) is 0 Å². The van der Waals surface area contributed by atoms with Crippen LogP contribution >= 0.6 is 0 Å². The highest BCUT2D eigenvalue weighted by Crippen LogP contribution is 2.20. The number of anilines is 2. The number of rotatable bonds is 9. The molecule has 0 atom stereocenters. The first-order valence-corrected chi connectivity index (χ1v) is 11.5. The molecule has 1 saturated heterocycles. The van der Waals surface area contributed by atoms with E-state index in [9.17, 15) is 14.4 Å². The number of nitrogens with zero attached hydrogens (tertiary/aromatic N) is 1. The van der Waals surface area contributed by atoms with E-state index in [1.165, 1.54) is 0 Å². The summed E-state index contributed by atoms with van der Waals surface area (Å²) in [7, 11) is 0. The normalized spacial score (nSPS) is 13.8. The number of hydrogen-bond donors (Lipinski definition) is 3. The maximum Gasteiger partial charge on any atom is 0.409 e. The van der Waals surface area contributed by atoms with Crippen molar-refractivity contribution in [1.29, 1.82) is 0 Å².